The summed E-state index contributed by atoms with van der Waals surface area (Å²) in [6, 6.07) is 21.0. The maximum Gasteiger partial charge on any atom is 0.338 e. The van der Waals surface area contributed by atoms with Crippen molar-refractivity contribution in [2.24, 2.45) is 4.99 Å². The number of nitrogens with zero attached hydrogens (tertiary/aromatic N) is 4. The number of para-hydroxylation sites is 1. The van der Waals surface area contributed by atoms with E-state index in [0.29, 0.717) is 36.9 Å². The van der Waals surface area contributed by atoms with Crippen LogP contribution in [0.3, 0.4) is 0 Å². The summed E-state index contributed by atoms with van der Waals surface area (Å²) in [5, 5.41) is 5.46. The molecule has 3 heterocycles. The third-order valence-electron chi connectivity index (χ3n) is 7.44. The van der Waals surface area contributed by atoms with Gasteiger partial charge in [0.25, 0.3) is 5.56 Å². The van der Waals surface area contributed by atoms with Crippen molar-refractivity contribution >= 4 is 41.0 Å². The minimum atomic E-state index is -0.893. The van der Waals surface area contributed by atoms with Crippen molar-refractivity contribution < 1.29 is 23.8 Å². The van der Waals surface area contributed by atoms with E-state index in [1.807, 2.05) is 48.7 Å². The van der Waals surface area contributed by atoms with Gasteiger partial charge in [-0.05, 0) is 61.9 Å². The first-order chi connectivity index (χ1) is 22.7. The van der Waals surface area contributed by atoms with Crippen molar-refractivity contribution in [3.8, 4) is 28.4 Å². The van der Waals surface area contributed by atoms with E-state index in [1.54, 1.807) is 54.9 Å². The van der Waals surface area contributed by atoms with Crippen LogP contribution in [0.5, 0.6) is 11.5 Å². The number of carbonyl (C=O) groups excluding carboxylic acids is 2. The molecule has 12 heteroatoms. The standard InChI is InChI=1S/C35H29ClN4O6S/c1-5-45-34(43)30-20(2)37-35-40(32(30)23-13-16-27(46-21(3)41)28(17-23)44-4)33(42)29(47-35)18-24-19-39(26-9-7-6-8-10-26)38-31(24)22-11-14-25(36)15-12-22/h6-19,32H,5H2,1-4H3/b29-18+/t32-/m0/s1. The van der Waals surface area contributed by atoms with E-state index < -0.39 is 18.0 Å². The van der Waals surface area contributed by atoms with Crippen LogP contribution in [0.4, 0.5) is 0 Å². The molecule has 0 N–H and O–H groups in total. The molecule has 6 rings (SSSR count). The van der Waals surface area contributed by atoms with Crippen LogP contribution in [-0.2, 0) is 14.3 Å². The zero-order chi connectivity index (χ0) is 33.2. The van der Waals surface area contributed by atoms with Gasteiger partial charge in [-0.3, -0.25) is 14.2 Å². The number of aromatic nitrogens is 3. The van der Waals surface area contributed by atoms with E-state index in [4.69, 9.17) is 30.9 Å². The number of hydrogen-bond donors (Lipinski definition) is 0. The summed E-state index contributed by atoms with van der Waals surface area (Å²) in [6.45, 7) is 4.85. The summed E-state index contributed by atoms with van der Waals surface area (Å²) in [5.41, 5.74) is 3.85. The second-order valence-electron chi connectivity index (χ2n) is 10.5. The predicted octanol–water partition coefficient (Wildman–Crippen LogP) is 5.24. The lowest BCUT2D eigenvalue weighted by Gasteiger charge is -2.25. The molecule has 238 valence electrons. The Morgan fingerprint density at radius 2 is 1.79 bits per heavy atom. The second kappa shape index (κ2) is 13.2. The number of fused-ring (bicyclic) bond motifs is 1. The molecule has 0 spiro atoms. The topological polar surface area (TPSA) is 114 Å². The summed E-state index contributed by atoms with van der Waals surface area (Å²) in [5.74, 6) is -0.635. The third kappa shape index (κ3) is 6.27. The van der Waals surface area contributed by atoms with E-state index in [-0.39, 0.29) is 29.2 Å². The van der Waals surface area contributed by atoms with E-state index in [9.17, 15) is 14.4 Å². The number of hydrogen-bond acceptors (Lipinski definition) is 9. The number of esters is 2. The maximum absolute atomic E-state index is 14.3. The molecule has 10 nitrogen and oxygen atoms in total. The Bertz CT molecular complexity index is 2220. The Labute approximate surface area is 278 Å². The minimum Gasteiger partial charge on any atom is -0.493 e. The molecule has 2 aromatic heterocycles. The first-order valence-corrected chi connectivity index (χ1v) is 15.8. The van der Waals surface area contributed by atoms with Gasteiger partial charge in [-0.2, -0.15) is 5.10 Å². The quantitative estimate of drug-likeness (QED) is 0.164. The van der Waals surface area contributed by atoms with Crippen molar-refractivity contribution in [3.05, 3.63) is 126 Å². The molecule has 0 unspecified atom stereocenters. The van der Waals surface area contributed by atoms with Crippen molar-refractivity contribution in [2.75, 3.05) is 13.7 Å². The van der Waals surface area contributed by atoms with E-state index in [2.05, 4.69) is 4.99 Å². The lowest BCUT2D eigenvalue weighted by atomic mass is 9.95. The highest BCUT2D eigenvalue weighted by molar-refractivity contribution is 7.07. The average Bonchev–Trinajstić information content (AvgIpc) is 3.61. The molecule has 1 atom stereocenters. The average molecular weight is 669 g/mol. The highest BCUT2D eigenvalue weighted by Crippen LogP contribution is 2.36. The van der Waals surface area contributed by atoms with Crippen molar-refractivity contribution in [1.29, 1.82) is 0 Å². The van der Waals surface area contributed by atoms with Crippen LogP contribution in [0.1, 0.15) is 37.9 Å². The molecule has 0 saturated carbocycles. The van der Waals surface area contributed by atoms with Crippen LogP contribution >= 0.6 is 22.9 Å². The molecular weight excluding hydrogens is 640 g/mol. The lowest BCUT2D eigenvalue weighted by Crippen LogP contribution is -2.40. The zero-order valence-corrected chi connectivity index (χ0v) is 27.5. The largest absolute Gasteiger partial charge is 0.493 e. The molecule has 47 heavy (non-hydrogen) atoms. The van der Waals surface area contributed by atoms with Crippen LogP contribution in [0.25, 0.3) is 23.0 Å². The fraction of sp³-hybridized carbons (Fsp3) is 0.171. The number of halogens is 1. The maximum atomic E-state index is 14.3. The van der Waals surface area contributed by atoms with Gasteiger partial charge in [-0.15, -0.1) is 0 Å². The monoisotopic (exact) mass is 668 g/mol. The second-order valence-corrected chi connectivity index (χ2v) is 12.0. The Hall–Kier alpha value is -5.26. The smallest absolute Gasteiger partial charge is 0.338 e. The number of rotatable bonds is 8. The van der Waals surface area contributed by atoms with Crippen LogP contribution in [-0.4, -0.2) is 40.0 Å². The van der Waals surface area contributed by atoms with Gasteiger partial charge in [-0.1, -0.05) is 59.3 Å². The Morgan fingerprint density at radius 3 is 2.47 bits per heavy atom. The Morgan fingerprint density at radius 1 is 1.04 bits per heavy atom. The highest BCUT2D eigenvalue weighted by atomic mass is 35.5. The molecule has 0 amide bonds. The lowest BCUT2D eigenvalue weighted by molar-refractivity contribution is -0.139. The van der Waals surface area contributed by atoms with Crippen molar-refractivity contribution in [2.45, 2.75) is 26.8 Å². The molecule has 0 radical (unpaired) electrons. The predicted molar refractivity (Wildman–Crippen MR) is 179 cm³/mol. The SMILES string of the molecule is CCOC(=O)C1=C(C)N=c2s/c(=C/c3cn(-c4ccccc4)nc3-c3ccc(Cl)cc3)c(=O)n2[C@H]1c1ccc(OC(C)=O)c(OC)c1. The van der Waals surface area contributed by atoms with Gasteiger partial charge in [0.15, 0.2) is 16.3 Å². The fourth-order valence-electron chi connectivity index (χ4n) is 5.38. The molecule has 0 fully saturated rings. The molecule has 1 aliphatic heterocycles. The van der Waals surface area contributed by atoms with Gasteiger partial charge < -0.3 is 14.2 Å². The fourth-order valence-corrected chi connectivity index (χ4v) is 6.54. The van der Waals surface area contributed by atoms with Gasteiger partial charge in [0.2, 0.25) is 0 Å². The molecular formula is C35H29ClN4O6S. The minimum absolute atomic E-state index is 0.139. The van der Waals surface area contributed by atoms with Crippen LogP contribution in [0.2, 0.25) is 5.02 Å². The van der Waals surface area contributed by atoms with Gasteiger partial charge in [0, 0.05) is 29.3 Å². The normalized spacial score (nSPS) is 14.4. The zero-order valence-electron chi connectivity index (χ0n) is 25.9. The molecule has 3 aromatic carbocycles. The summed E-state index contributed by atoms with van der Waals surface area (Å²) in [4.78, 5) is 44.5. The molecule has 5 aromatic rings. The number of carbonyl (C=O) groups is 2. The van der Waals surface area contributed by atoms with E-state index >= 15 is 0 Å². The van der Waals surface area contributed by atoms with Crippen LogP contribution in [0, 0.1) is 0 Å². The summed E-state index contributed by atoms with van der Waals surface area (Å²) in [7, 11) is 1.44. The summed E-state index contributed by atoms with van der Waals surface area (Å²) >= 11 is 7.38. The van der Waals surface area contributed by atoms with Crippen LogP contribution in [0.15, 0.2) is 100 Å². The number of methoxy groups -OCH3 is 1. The number of thiazole rings is 1. The highest BCUT2D eigenvalue weighted by Gasteiger charge is 2.34. The van der Waals surface area contributed by atoms with Gasteiger partial charge >= 0.3 is 11.9 Å². The number of ether oxygens (including phenoxy) is 3. The number of allylic oxidation sites excluding steroid dienone is 1. The molecule has 1 aliphatic rings. The van der Waals surface area contributed by atoms with E-state index in [1.165, 1.54) is 29.9 Å². The first-order valence-electron chi connectivity index (χ1n) is 14.7. The van der Waals surface area contributed by atoms with Gasteiger partial charge in [-0.25, -0.2) is 14.5 Å². The first kappa shape index (κ1) is 31.7. The summed E-state index contributed by atoms with van der Waals surface area (Å²) < 4.78 is 19.8. The van der Waals surface area contributed by atoms with Crippen LogP contribution < -0.4 is 24.4 Å². The number of benzene rings is 3. The van der Waals surface area contributed by atoms with Gasteiger partial charge in [0.1, 0.15) is 5.69 Å². The van der Waals surface area contributed by atoms with Gasteiger partial charge in [0.05, 0.1) is 41.2 Å². The Kier molecular flexibility index (Phi) is 8.93. The summed E-state index contributed by atoms with van der Waals surface area (Å²) in [6.07, 6.45) is 3.65. The van der Waals surface area contributed by atoms with E-state index in [0.717, 1.165) is 11.3 Å². The molecule has 0 bridgehead atoms. The third-order valence-corrected chi connectivity index (χ3v) is 8.68. The van der Waals surface area contributed by atoms with Crippen molar-refractivity contribution in [1.82, 2.24) is 14.3 Å². The molecule has 0 saturated heterocycles. The Balaban J connectivity index is 1.56. The van der Waals surface area contributed by atoms with Crippen molar-refractivity contribution in [3.63, 3.8) is 0 Å². The molecule has 0 aliphatic carbocycles.